The van der Waals surface area contributed by atoms with Gasteiger partial charge >= 0.3 is 0 Å². The highest BCUT2D eigenvalue weighted by atomic mass is 16.1. The maximum Gasteiger partial charge on any atom is 0.188 e. The van der Waals surface area contributed by atoms with E-state index in [0.717, 1.165) is 44.1 Å². The number of nitrogens with zero attached hydrogens (tertiary/aromatic N) is 2. The summed E-state index contributed by atoms with van der Waals surface area (Å²) in [6.45, 7) is 9.81. The van der Waals surface area contributed by atoms with E-state index in [1.807, 2.05) is 12.1 Å². The van der Waals surface area contributed by atoms with Gasteiger partial charge in [0.05, 0.1) is 0 Å². The molecule has 2 aliphatic carbocycles. The Kier molecular flexibility index (Phi) is 6.22. The molecule has 1 unspecified atom stereocenters. The number of ketones is 1. The number of hydrogen-bond acceptors (Lipinski definition) is 3. The average molecular weight is 431 g/mol. The molecule has 0 N–H and O–H groups in total. The lowest BCUT2D eigenvalue weighted by Gasteiger charge is -2.46. The van der Waals surface area contributed by atoms with Gasteiger partial charge in [0.2, 0.25) is 0 Å². The summed E-state index contributed by atoms with van der Waals surface area (Å²) in [4.78, 5) is 19.2. The minimum Gasteiger partial charge on any atom is -0.301 e. The molecule has 3 heteroatoms. The fourth-order valence-corrected chi connectivity index (χ4v) is 6.35. The molecule has 2 fully saturated rings. The highest BCUT2D eigenvalue weighted by Crippen LogP contribution is 2.43. The van der Waals surface area contributed by atoms with E-state index in [1.54, 1.807) is 0 Å². The molecular formula is C29H38N2O. The summed E-state index contributed by atoms with van der Waals surface area (Å²) >= 11 is 0. The second-order valence-corrected chi connectivity index (χ2v) is 10.6. The molecule has 170 valence electrons. The Labute approximate surface area is 193 Å². The van der Waals surface area contributed by atoms with Gasteiger partial charge in [0.15, 0.2) is 5.78 Å². The Morgan fingerprint density at radius 3 is 2.41 bits per heavy atom. The van der Waals surface area contributed by atoms with E-state index in [4.69, 9.17) is 0 Å². The zero-order valence-electron chi connectivity index (χ0n) is 19.9. The van der Waals surface area contributed by atoms with Gasteiger partial charge in [-0.2, -0.15) is 0 Å². The van der Waals surface area contributed by atoms with Crippen LogP contribution < -0.4 is 0 Å². The minimum atomic E-state index is -0.550. The SMILES string of the molecule is CC(C)c1cccc(C2(N3CCN(CC4CCCCC4)CC3)Cc3ccccc3C2=O)c1. The molecule has 1 saturated heterocycles. The molecule has 32 heavy (non-hydrogen) atoms. The van der Waals surface area contributed by atoms with Crippen molar-refractivity contribution in [1.29, 1.82) is 0 Å². The van der Waals surface area contributed by atoms with Crippen molar-refractivity contribution in [2.24, 2.45) is 5.92 Å². The molecule has 0 aromatic heterocycles. The van der Waals surface area contributed by atoms with Crippen molar-refractivity contribution in [2.75, 3.05) is 32.7 Å². The van der Waals surface area contributed by atoms with Crippen LogP contribution in [0.4, 0.5) is 0 Å². The van der Waals surface area contributed by atoms with Crippen LogP contribution in [0, 0.1) is 5.92 Å². The summed E-state index contributed by atoms with van der Waals surface area (Å²) in [7, 11) is 0. The molecule has 1 saturated carbocycles. The molecule has 0 bridgehead atoms. The zero-order valence-corrected chi connectivity index (χ0v) is 19.9. The number of hydrogen-bond donors (Lipinski definition) is 0. The monoisotopic (exact) mass is 430 g/mol. The number of piperazine rings is 1. The molecule has 3 aliphatic rings. The van der Waals surface area contributed by atoms with Crippen LogP contribution in [0.15, 0.2) is 48.5 Å². The van der Waals surface area contributed by atoms with Crippen LogP contribution in [0.5, 0.6) is 0 Å². The zero-order chi connectivity index (χ0) is 22.1. The third kappa shape index (κ3) is 3.95. The topological polar surface area (TPSA) is 23.6 Å². The Bertz CT molecular complexity index is 953. The van der Waals surface area contributed by atoms with Gasteiger partial charge in [0.25, 0.3) is 0 Å². The number of fused-ring (bicyclic) bond motifs is 1. The maximum absolute atomic E-state index is 14.0. The smallest absolute Gasteiger partial charge is 0.188 e. The van der Waals surface area contributed by atoms with E-state index >= 15 is 0 Å². The lowest BCUT2D eigenvalue weighted by molar-refractivity contribution is 0.0258. The van der Waals surface area contributed by atoms with Crippen LogP contribution in [-0.4, -0.2) is 48.3 Å². The van der Waals surface area contributed by atoms with Crippen molar-refractivity contribution in [3.05, 3.63) is 70.8 Å². The molecule has 0 amide bonds. The average Bonchev–Trinajstić information content (AvgIpc) is 3.14. The first-order valence-electron chi connectivity index (χ1n) is 12.8. The summed E-state index contributed by atoms with van der Waals surface area (Å²) in [5.41, 5.74) is 4.09. The number of carbonyl (C=O) groups is 1. The van der Waals surface area contributed by atoms with Gasteiger partial charge in [0, 0.05) is 44.7 Å². The van der Waals surface area contributed by atoms with E-state index in [-0.39, 0.29) is 0 Å². The Morgan fingerprint density at radius 1 is 0.938 bits per heavy atom. The standard InChI is InChI=1S/C29H38N2O/c1-22(2)24-12-8-13-26(19-24)29(20-25-11-6-7-14-27(25)28(29)32)31-17-15-30(16-18-31)21-23-9-4-3-5-10-23/h6-8,11-14,19,22-23H,3-5,9-10,15-18,20-21H2,1-2H3. The van der Waals surface area contributed by atoms with Crippen LogP contribution in [-0.2, 0) is 12.0 Å². The molecule has 1 atom stereocenters. The predicted octanol–water partition coefficient (Wildman–Crippen LogP) is 5.64. The van der Waals surface area contributed by atoms with Crippen LogP contribution in [0.25, 0.3) is 0 Å². The van der Waals surface area contributed by atoms with Crippen LogP contribution in [0.3, 0.4) is 0 Å². The lowest BCUT2D eigenvalue weighted by Crippen LogP contribution is -2.58. The van der Waals surface area contributed by atoms with Gasteiger partial charge in [-0.05, 0) is 41.4 Å². The Balaban J connectivity index is 1.42. The first kappa shape index (κ1) is 21.9. The number of carbonyl (C=O) groups excluding carboxylic acids is 1. The Morgan fingerprint density at radius 2 is 1.69 bits per heavy atom. The summed E-state index contributed by atoms with van der Waals surface area (Å²) in [6, 6.07) is 17.1. The summed E-state index contributed by atoms with van der Waals surface area (Å²) in [5.74, 6) is 1.64. The Hall–Kier alpha value is -1.97. The first-order valence-corrected chi connectivity index (χ1v) is 12.8. The summed E-state index contributed by atoms with van der Waals surface area (Å²) in [6.07, 6.45) is 7.84. The molecule has 2 aromatic rings. The molecule has 1 heterocycles. The highest BCUT2D eigenvalue weighted by Gasteiger charge is 2.51. The highest BCUT2D eigenvalue weighted by molar-refractivity contribution is 6.08. The van der Waals surface area contributed by atoms with Gasteiger partial charge < -0.3 is 4.90 Å². The number of benzene rings is 2. The van der Waals surface area contributed by atoms with Crippen molar-refractivity contribution < 1.29 is 4.79 Å². The minimum absolute atomic E-state index is 0.301. The largest absolute Gasteiger partial charge is 0.301 e. The third-order valence-corrected chi connectivity index (χ3v) is 8.27. The van der Waals surface area contributed by atoms with Crippen LogP contribution in [0.2, 0.25) is 0 Å². The van der Waals surface area contributed by atoms with E-state index in [2.05, 4.69) is 60.0 Å². The van der Waals surface area contributed by atoms with Crippen molar-refractivity contribution in [2.45, 2.75) is 63.8 Å². The quantitative estimate of drug-likeness (QED) is 0.613. The molecule has 0 radical (unpaired) electrons. The normalized spacial score (nSPS) is 25.4. The number of Topliss-reactive ketones (excluding diaryl/α,β-unsaturated/α-hetero) is 1. The summed E-state index contributed by atoms with van der Waals surface area (Å²) < 4.78 is 0. The van der Waals surface area contributed by atoms with Crippen molar-refractivity contribution in [3.8, 4) is 0 Å². The predicted molar refractivity (Wildman–Crippen MR) is 131 cm³/mol. The van der Waals surface area contributed by atoms with Crippen molar-refractivity contribution in [1.82, 2.24) is 9.80 Å². The molecule has 1 aliphatic heterocycles. The molecule has 3 nitrogen and oxygen atoms in total. The lowest BCUT2D eigenvalue weighted by atomic mass is 9.81. The van der Waals surface area contributed by atoms with Crippen molar-refractivity contribution in [3.63, 3.8) is 0 Å². The molecule has 2 aromatic carbocycles. The molecular weight excluding hydrogens is 392 g/mol. The first-order chi connectivity index (χ1) is 15.6. The molecule has 5 rings (SSSR count). The van der Waals surface area contributed by atoms with E-state index in [0.29, 0.717) is 11.7 Å². The van der Waals surface area contributed by atoms with Gasteiger partial charge in [-0.25, -0.2) is 0 Å². The van der Waals surface area contributed by atoms with E-state index < -0.39 is 5.54 Å². The van der Waals surface area contributed by atoms with Crippen LogP contribution >= 0.6 is 0 Å². The maximum atomic E-state index is 14.0. The second-order valence-electron chi connectivity index (χ2n) is 10.6. The number of rotatable bonds is 5. The fraction of sp³-hybridized carbons (Fsp3) is 0.552. The molecule has 0 spiro atoms. The van der Waals surface area contributed by atoms with Gasteiger partial charge in [-0.3, -0.25) is 9.69 Å². The van der Waals surface area contributed by atoms with Gasteiger partial charge in [-0.1, -0.05) is 81.6 Å². The fourth-order valence-electron chi connectivity index (χ4n) is 6.35. The van der Waals surface area contributed by atoms with E-state index in [1.165, 1.54) is 55.3 Å². The van der Waals surface area contributed by atoms with Crippen molar-refractivity contribution >= 4 is 5.78 Å². The van der Waals surface area contributed by atoms with Gasteiger partial charge in [-0.15, -0.1) is 0 Å². The third-order valence-electron chi connectivity index (χ3n) is 8.27. The van der Waals surface area contributed by atoms with Crippen LogP contribution in [0.1, 0.15) is 78.9 Å². The summed E-state index contributed by atoms with van der Waals surface area (Å²) in [5, 5.41) is 0. The second kappa shape index (κ2) is 9.11. The van der Waals surface area contributed by atoms with Gasteiger partial charge in [0.1, 0.15) is 5.54 Å². The van der Waals surface area contributed by atoms with E-state index in [9.17, 15) is 4.79 Å².